The largest absolute Gasteiger partial charge is 0.332 e. The van der Waals surface area contributed by atoms with Crippen LogP contribution in [0.3, 0.4) is 0 Å². The van der Waals surface area contributed by atoms with Crippen molar-refractivity contribution in [2.45, 2.75) is 45.1 Å². The molecule has 2 fully saturated rings. The smallest absolute Gasteiger partial charge is 0.230 e. The number of hydrogen-bond donors (Lipinski definition) is 0. The average molecular weight is 195 g/mol. The molecule has 0 spiro atoms. The van der Waals surface area contributed by atoms with Crippen molar-refractivity contribution in [3.8, 4) is 0 Å². The maximum Gasteiger partial charge on any atom is 0.230 e. The molecule has 1 aliphatic carbocycles. The topological polar surface area (TPSA) is 37.4 Å². The molecular formula is C11H17NO2. The van der Waals surface area contributed by atoms with Gasteiger partial charge in [0.25, 0.3) is 0 Å². The van der Waals surface area contributed by atoms with E-state index in [0.29, 0.717) is 18.5 Å². The van der Waals surface area contributed by atoms with Crippen LogP contribution >= 0.6 is 0 Å². The van der Waals surface area contributed by atoms with E-state index in [4.69, 9.17) is 0 Å². The van der Waals surface area contributed by atoms with Crippen LogP contribution in [0.4, 0.5) is 0 Å². The molecule has 3 nitrogen and oxygen atoms in total. The minimum atomic E-state index is 0.0498. The van der Waals surface area contributed by atoms with Gasteiger partial charge in [0, 0.05) is 6.04 Å². The molecule has 0 aromatic carbocycles. The normalized spacial score (nSPS) is 33.9. The number of ketones is 1. The lowest BCUT2D eigenvalue weighted by Crippen LogP contribution is -2.42. The lowest BCUT2D eigenvalue weighted by Gasteiger charge is -2.35. The Kier molecular flexibility index (Phi) is 2.57. The summed E-state index contributed by atoms with van der Waals surface area (Å²) in [4.78, 5) is 24.5. The molecule has 1 heterocycles. The number of Topliss-reactive ketones (excluding diaryl/α,β-unsaturated/α-hetero) is 1. The molecule has 1 saturated carbocycles. The summed E-state index contributed by atoms with van der Waals surface area (Å²) in [6, 6.07) is 0.336. The summed E-state index contributed by atoms with van der Waals surface area (Å²) >= 11 is 0. The molecule has 14 heavy (non-hydrogen) atoms. The van der Waals surface area contributed by atoms with E-state index in [1.54, 1.807) is 0 Å². The summed E-state index contributed by atoms with van der Waals surface area (Å²) in [5, 5.41) is 0. The van der Waals surface area contributed by atoms with Gasteiger partial charge in [-0.2, -0.15) is 0 Å². The predicted octanol–water partition coefficient (Wildman–Crippen LogP) is 1.37. The quantitative estimate of drug-likeness (QED) is 0.592. The number of likely N-dealkylation sites (tertiary alicyclic amines) is 1. The average Bonchev–Trinajstić information content (AvgIpc) is 2.46. The van der Waals surface area contributed by atoms with E-state index >= 15 is 0 Å². The molecule has 1 amide bonds. The number of amides is 1. The van der Waals surface area contributed by atoms with Crippen molar-refractivity contribution in [1.82, 2.24) is 4.90 Å². The highest BCUT2D eigenvalue weighted by Crippen LogP contribution is 2.29. The lowest BCUT2D eigenvalue weighted by atomic mass is 9.85. The molecule has 2 unspecified atom stereocenters. The zero-order chi connectivity index (χ0) is 10.1. The third-order valence-corrected chi connectivity index (χ3v) is 3.48. The molecule has 0 bridgehead atoms. The van der Waals surface area contributed by atoms with Crippen LogP contribution in [-0.4, -0.2) is 29.2 Å². The summed E-state index contributed by atoms with van der Waals surface area (Å²) < 4.78 is 0. The monoisotopic (exact) mass is 195 g/mol. The van der Waals surface area contributed by atoms with Crippen molar-refractivity contribution < 1.29 is 9.59 Å². The highest BCUT2D eigenvalue weighted by atomic mass is 16.2. The Morgan fingerprint density at radius 2 is 1.93 bits per heavy atom. The van der Waals surface area contributed by atoms with Crippen molar-refractivity contribution in [1.29, 1.82) is 0 Å². The maximum atomic E-state index is 11.5. The van der Waals surface area contributed by atoms with Gasteiger partial charge in [-0.25, -0.2) is 0 Å². The molecule has 1 saturated heterocycles. The van der Waals surface area contributed by atoms with Gasteiger partial charge in [-0.1, -0.05) is 19.8 Å². The molecule has 1 aliphatic heterocycles. The van der Waals surface area contributed by atoms with E-state index in [1.807, 2.05) is 4.90 Å². The van der Waals surface area contributed by atoms with Crippen LogP contribution in [0.15, 0.2) is 0 Å². The number of carbonyl (C=O) groups is 2. The molecular weight excluding hydrogens is 178 g/mol. The fourth-order valence-corrected chi connectivity index (χ4v) is 2.67. The number of rotatable bonds is 1. The summed E-state index contributed by atoms with van der Waals surface area (Å²) in [5.41, 5.74) is 0. The molecule has 0 N–H and O–H groups in total. The van der Waals surface area contributed by atoms with Crippen molar-refractivity contribution in [3.63, 3.8) is 0 Å². The van der Waals surface area contributed by atoms with Crippen LogP contribution in [0.2, 0.25) is 0 Å². The third-order valence-electron chi connectivity index (χ3n) is 3.48. The van der Waals surface area contributed by atoms with Crippen molar-refractivity contribution >= 4 is 11.7 Å². The summed E-state index contributed by atoms with van der Waals surface area (Å²) in [7, 11) is 0. The van der Waals surface area contributed by atoms with E-state index in [2.05, 4.69) is 6.92 Å². The van der Waals surface area contributed by atoms with E-state index in [9.17, 15) is 9.59 Å². The highest BCUT2D eigenvalue weighted by molar-refractivity contribution is 6.05. The van der Waals surface area contributed by atoms with Gasteiger partial charge in [0.2, 0.25) is 5.91 Å². The second-order valence-electron chi connectivity index (χ2n) is 4.57. The van der Waals surface area contributed by atoms with Gasteiger partial charge in [0.15, 0.2) is 5.78 Å². The summed E-state index contributed by atoms with van der Waals surface area (Å²) in [6.45, 7) is 2.56. The van der Waals surface area contributed by atoms with Crippen LogP contribution in [0, 0.1) is 5.92 Å². The fraction of sp³-hybridized carbons (Fsp3) is 0.818. The molecule has 0 aromatic heterocycles. The van der Waals surface area contributed by atoms with Gasteiger partial charge >= 0.3 is 0 Å². The van der Waals surface area contributed by atoms with E-state index in [1.165, 1.54) is 19.3 Å². The SMILES string of the molecule is CC1CCCCC1N1CC(=O)CC1=O. The van der Waals surface area contributed by atoms with Gasteiger partial charge in [-0.15, -0.1) is 0 Å². The third kappa shape index (κ3) is 1.68. The molecule has 2 rings (SSSR count). The van der Waals surface area contributed by atoms with Gasteiger partial charge in [0.1, 0.15) is 0 Å². The Hall–Kier alpha value is -0.860. The molecule has 78 valence electrons. The Bertz CT molecular complexity index is 262. The fourth-order valence-electron chi connectivity index (χ4n) is 2.67. The minimum Gasteiger partial charge on any atom is -0.332 e. The van der Waals surface area contributed by atoms with E-state index in [0.717, 1.165) is 6.42 Å². The first-order chi connectivity index (χ1) is 6.68. The van der Waals surface area contributed by atoms with Crippen LogP contribution in [0.25, 0.3) is 0 Å². The maximum absolute atomic E-state index is 11.5. The number of hydrogen-bond acceptors (Lipinski definition) is 2. The molecule has 2 atom stereocenters. The first-order valence-corrected chi connectivity index (χ1v) is 5.49. The van der Waals surface area contributed by atoms with Crippen molar-refractivity contribution in [3.05, 3.63) is 0 Å². The first kappa shape index (κ1) is 9.69. The van der Waals surface area contributed by atoms with Gasteiger partial charge in [-0.3, -0.25) is 9.59 Å². The molecule has 0 radical (unpaired) electrons. The number of carbonyl (C=O) groups excluding carboxylic acids is 2. The van der Waals surface area contributed by atoms with Crippen molar-refractivity contribution in [2.24, 2.45) is 5.92 Å². The summed E-state index contributed by atoms with van der Waals surface area (Å²) in [6.07, 6.45) is 4.90. The number of nitrogens with zero attached hydrogens (tertiary/aromatic N) is 1. The Morgan fingerprint density at radius 3 is 2.50 bits per heavy atom. The van der Waals surface area contributed by atoms with Gasteiger partial charge in [0.05, 0.1) is 13.0 Å². The minimum absolute atomic E-state index is 0.0498. The Morgan fingerprint density at radius 1 is 1.21 bits per heavy atom. The standard InChI is InChI=1S/C11H17NO2/c1-8-4-2-3-5-10(8)12-7-9(13)6-11(12)14/h8,10H,2-7H2,1H3. The van der Waals surface area contributed by atoms with Crippen LogP contribution in [-0.2, 0) is 9.59 Å². The predicted molar refractivity (Wildman–Crippen MR) is 52.8 cm³/mol. The molecule has 2 aliphatic rings. The molecule has 3 heteroatoms. The lowest BCUT2D eigenvalue weighted by molar-refractivity contribution is -0.131. The van der Waals surface area contributed by atoms with Crippen molar-refractivity contribution in [2.75, 3.05) is 6.54 Å². The van der Waals surface area contributed by atoms with E-state index < -0.39 is 0 Å². The zero-order valence-corrected chi connectivity index (χ0v) is 8.66. The summed E-state index contributed by atoms with van der Waals surface area (Å²) in [5.74, 6) is 0.708. The second kappa shape index (κ2) is 3.71. The van der Waals surface area contributed by atoms with Crippen LogP contribution in [0.5, 0.6) is 0 Å². The Balaban J connectivity index is 2.06. The second-order valence-corrected chi connectivity index (χ2v) is 4.57. The van der Waals surface area contributed by atoms with Crippen LogP contribution < -0.4 is 0 Å². The van der Waals surface area contributed by atoms with Crippen LogP contribution in [0.1, 0.15) is 39.0 Å². The first-order valence-electron chi connectivity index (χ1n) is 5.49. The molecule has 0 aromatic rings. The van der Waals surface area contributed by atoms with Gasteiger partial charge in [-0.05, 0) is 18.8 Å². The van der Waals surface area contributed by atoms with E-state index in [-0.39, 0.29) is 18.1 Å². The Labute approximate surface area is 84.5 Å². The van der Waals surface area contributed by atoms with Gasteiger partial charge < -0.3 is 4.90 Å². The highest BCUT2D eigenvalue weighted by Gasteiger charge is 2.36. The zero-order valence-electron chi connectivity index (χ0n) is 8.66.